The van der Waals surface area contributed by atoms with Crippen LogP contribution in [0.2, 0.25) is 0 Å². The van der Waals surface area contributed by atoms with Crippen LogP contribution < -0.4 is 0 Å². The molecule has 0 unspecified atom stereocenters. The zero-order chi connectivity index (χ0) is 30.5. The standard InChI is InChI=1S/C41H45N3O/c45-40(39-31-34-14-10-11-21-38(34)42-39)33-24-27-43(28-25-33)26-12-13-32-22-29-44(30-23-32)41(35-15-4-1-5-16-35,36-17-6-2-7-18-36)37-19-8-3-9-20-37/h1-11,14-21,31-33,42H,12-13,22-30H2. The normalized spacial score (nSPS) is 17.5. The average Bonchev–Trinajstić information content (AvgIpc) is 3.55. The van der Waals surface area contributed by atoms with Crippen LogP contribution in [0.15, 0.2) is 121 Å². The first-order valence-corrected chi connectivity index (χ1v) is 17.0. The molecule has 2 aliphatic heterocycles. The SMILES string of the molecule is O=C(c1cc2ccccc2[nH]1)C1CCN(CCCC2CCN(C(c3ccccc3)(c3ccccc3)c3ccccc3)CC2)CC1. The predicted octanol–water partition coefficient (Wildman–Crippen LogP) is 8.55. The van der Waals surface area contributed by atoms with E-state index in [2.05, 4.69) is 112 Å². The molecular weight excluding hydrogens is 550 g/mol. The molecule has 0 spiro atoms. The Morgan fingerprint density at radius 3 is 1.76 bits per heavy atom. The second-order valence-electron chi connectivity index (χ2n) is 13.1. The Labute approximate surface area is 268 Å². The Balaban J connectivity index is 0.952. The van der Waals surface area contributed by atoms with Crippen molar-refractivity contribution in [3.63, 3.8) is 0 Å². The average molecular weight is 596 g/mol. The molecule has 0 atom stereocenters. The number of carbonyl (C=O) groups is 1. The number of para-hydroxylation sites is 1. The molecule has 0 aliphatic carbocycles. The number of hydrogen-bond acceptors (Lipinski definition) is 3. The second-order valence-corrected chi connectivity index (χ2v) is 13.1. The van der Waals surface area contributed by atoms with Crippen LogP contribution in [0.4, 0.5) is 0 Å². The molecule has 1 N–H and O–H groups in total. The summed E-state index contributed by atoms with van der Waals surface area (Å²) < 4.78 is 0. The van der Waals surface area contributed by atoms with E-state index in [1.807, 2.05) is 24.3 Å². The van der Waals surface area contributed by atoms with Crippen molar-refractivity contribution >= 4 is 16.7 Å². The van der Waals surface area contributed by atoms with E-state index in [-0.39, 0.29) is 17.2 Å². The Morgan fingerprint density at radius 2 is 1.20 bits per heavy atom. The fourth-order valence-electron chi connectivity index (χ4n) is 8.09. The third kappa shape index (κ3) is 6.14. The van der Waals surface area contributed by atoms with E-state index in [1.165, 1.54) is 42.4 Å². The third-order valence-electron chi connectivity index (χ3n) is 10.5. The van der Waals surface area contributed by atoms with Crippen molar-refractivity contribution in [1.82, 2.24) is 14.8 Å². The molecule has 2 saturated heterocycles. The first kappa shape index (κ1) is 29.7. The van der Waals surface area contributed by atoms with Crippen LogP contribution >= 0.6 is 0 Å². The number of hydrogen-bond donors (Lipinski definition) is 1. The maximum Gasteiger partial charge on any atom is 0.182 e. The molecule has 0 saturated carbocycles. The van der Waals surface area contributed by atoms with Crippen molar-refractivity contribution in [2.24, 2.45) is 11.8 Å². The molecule has 4 heteroatoms. The number of Topliss-reactive ketones (excluding diaryl/α,β-unsaturated/α-hetero) is 1. The molecule has 0 bridgehead atoms. The molecule has 45 heavy (non-hydrogen) atoms. The molecular formula is C41H45N3O. The number of carbonyl (C=O) groups excluding carboxylic acids is 1. The quantitative estimate of drug-likeness (QED) is 0.130. The van der Waals surface area contributed by atoms with Crippen molar-refractivity contribution in [3.05, 3.63) is 144 Å². The van der Waals surface area contributed by atoms with E-state index in [9.17, 15) is 4.79 Å². The highest BCUT2D eigenvalue weighted by Gasteiger charge is 2.43. The Hall–Kier alpha value is -3.99. The van der Waals surface area contributed by atoms with Gasteiger partial charge in [-0.15, -0.1) is 0 Å². The lowest BCUT2D eigenvalue weighted by atomic mass is 9.74. The molecule has 2 aliphatic rings. The van der Waals surface area contributed by atoms with Crippen molar-refractivity contribution in [1.29, 1.82) is 0 Å². The highest BCUT2D eigenvalue weighted by molar-refractivity contribution is 6.00. The fraction of sp³-hybridized carbons (Fsp3) is 0.341. The summed E-state index contributed by atoms with van der Waals surface area (Å²) in [6, 6.07) is 43.5. The van der Waals surface area contributed by atoms with Gasteiger partial charge in [0.15, 0.2) is 5.78 Å². The first-order valence-electron chi connectivity index (χ1n) is 17.0. The van der Waals surface area contributed by atoms with Crippen LogP contribution in [0, 0.1) is 11.8 Å². The highest BCUT2D eigenvalue weighted by atomic mass is 16.1. The van der Waals surface area contributed by atoms with Gasteiger partial charge in [-0.05, 0) is 106 Å². The van der Waals surface area contributed by atoms with Crippen LogP contribution in [0.3, 0.4) is 0 Å². The lowest BCUT2D eigenvalue weighted by Gasteiger charge is -2.48. The van der Waals surface area contributed by atoms with Crippen LogP contribution in [0.1, 0.15) is 65.7 Å². The number of nitrogens with one attached hydrogen (secondary N) is 1. The maximum absolute atomic E-state index is 13.2. The van der Waals surface area contributed by atoms with Gasteiger partial charge in [0.2, 0.25) is 0 Å². The van der Waals surface area contributed by atoms with Crippen LogP contribution in [-0.4, -0.2) is 53.3 Å². The number of piperidine rings is 2. The minimum absolute atomic E-state index is 0.137. The summed E-state index contributed by atoms with van der Waals surface area (Å²) in [6.45, 7) is 5.39. The monoisotopic (exact) mass is 595 g/mol. The summed E-state index contributed by atoms with van der Waals surface area (Å²) in [4.78, 5) is 21.9. The van der Waals surface area contributed by atoms with Crippen LogP contribution in [0.25, 0.3) is 10.9 Å². The summed E-state index contributed by atoms with van der Waals surface area (Å²) in [5.41, 5.74) is 5.54. The first-order chi connectivity index (χ1) is 22.2. The summed E-state index contributed by atoms with van der Waals surface area (Å²) in [5, 5.41) is 1.12. The van der Waals surface area contributed by atoms with Gasteiger partial charge in [0, 0.05) is 16.8 Å². The van der Waals surface area contributed by atoms with E-state index in [4.69, 9.17) is 0 Å². The molecule has 7 rings (SSSR count). The number of nitrogens with zero attached hydrogens (tertiary/aromatic N) is 2. The van der Waals surface area contributed by atoms with Crippen molar-refractivity contribution < 1.29 is 4.79 Å². The zero-order valence-corrected chi connectivity index (χ0v) is 26.3. The minimum atomic E-state index is -0.302. The van der Waals surface area contributed by atoms with Gasteiger partial charge >= 0.3 is 0 Å². The number of aromatic nitrogens is 1. The molecule has 230 valence electrons. The summed E-state index contributed by atoms with van der Waals surface area (Å²) in [5.74, 6) is 1.19. The maximum atomic E-state index is 13.2. The van der Waals surface area contributed by atoms with Crippen molar-refractivity contribution in [3.8, 4) is 0 Å². The van der Waals surface area contributed by atoms with Crippen LogP contribution in [0.5, 0.6) is 0 Å². The third-order valence-corrected chi connectivity index (χ3v) is 10.5. The smallest absolute Gasteiger partial charge is 0.182 e. The molecule has 5 aromatic rings. The largest absolute Gasteiger partial charge is 0.352 e. The minimum Gasteiger partial charge on any atom is -0.352 e. The zero-order valence-electron chi connectivity index (χ0n) is 26.3. The van der Waals surface area contributed by atoms with Gasteiger partial charge in [0.25, 0.3) is 0 Å². The van der Waals surface area contributed by atoms with Crippen molar-refractivity contribution in [2.45, 2.75) is 44.1 Å². The number of H-pyrrole nitrogens is 1. The van der Waals surface area contributed by atoms with Gasteiger partial charge in [-0.3, -0.25) is 9.69 Å². The van der Waals surface area contributed by atoms with E-state index in [0.29, 0.717) is 0 Å². The number of benzene rings is 4. The number of likely N-dealkylation sites (tertiary alicyclic amines) is 2. The predicted molar refractivity (Wildman–Crippen MR) is 185 cm³/mol. The van der Waals surface area contributed by atoms with Gasteiger partial charge in [0.05, 0.1) is 11.2 Å². The summed E-state index contributed by atoms with van der Waals surface area (Å²) >= 11 is 0. The molecule has 4 nitrogen and oxygen atoms in total. The Kier molecular flexibility index (Phi) is 8.95. The van der Waals surface area contributed by atoms with E-state index in [0.717, 1.165) is 68.1 Å². The number of fused-ring (bicyclic) bond motifs is 1. The topological polar surface area (TPSA) is 39.3 Å². The molecule has 0 amide bonds. The van der Waals surface area contributed by atoms with Gasteiger partial charge < -0.3 is 9.88 Å². The van der Waals surface area contributed by atoms with Gasteiger partial charge in [-0.25, -0.2) is 0 Å². The summed E-state index contributed by atoms with van der Waals surface area (Å²) in [7, 11) is 0. The number of ketones is 1. The second kappa shape index (κ2) is 13.6. The van der Waals surface area contributed by atoms with E-state index >= 15 is 0 Å². The lowest BCUT2D eigenvalue weighted by Crippen LogP contribution is -2.51. The molecule has 4 aromatic carbocycles. The molecule has 2 fully saturated rings. The Morgan fingerprint density at radius 1 is 0.667 bits per heavy atom. The van der Waals surface area contributed by atoms with Crippen molar-refractivity contribution in [2.75, 3.05) is 32.7 Å². The van der Waals surface area contributed by atoms with Gasteiger partial charge in [0.1, 0.15) is 0 Å². The van der Waals surface area contributed by atoms with Crippen LogP contribution in [-0.2, 0) is 5.54 Å². The highest BCUT2D eigenvalue weighted by Crippen LogP contribution is 2.44. The molecule has 3 heterocycles. The summed E-state index contributed by atoms with van der Waals surface area (Å²) in [6.07, 6.45) is 6.92. The van der Waals surface area contributed by atoms with E-state index in [1.54, 1.807) is 0 Å². The van der Waals surface area contributed by atoms with Gasteiger partial charge in [-0.1, -0.05) is 109 Å². The molecule has 0 radical (unpaired) electrons. The lowest BCUT2D eigenvalue weighted by molar-refractivity contribution is 0.0824. The molecule has 1 aromatic heterocycles. The van der Waals surface area contributed by atoms with Gasteiger partial charge in [-0.2, -0.15) is 0 Å². The Bertz CT molecular complexity index is 1530. The van der Waals surface area contributed by atoms with E-state index < -0.39 is 0 Å². The number of aromatic amines is 1. The fourth-order valence-corrected chi connectivity index (χ4v) is 8.09. The number of rotatable bonds is 10.